The highest BCUT2D eigenvalue weighted by Gasteiger charge is 2.16. The fourth-order valence-electron chi connectivity index (χ4n) is 2.46. The molecular formula is C14H19Br2N. The maximum absolute atomic E-state index is 3.67. The Hall–Kier alpha value is -0.0200. The van der Waals surface area contributed by atoms with E-state index in [1.165, 1.54) is 37.8 Å². The summed E-state index contributed by atoms with van der Waals surface area (Å²) in [5.41, 5.74) is 1.22. The molecule has 1 aliphatic carbocycles. The molecule has 0 heterocycles. The molecule has 94 valence electrons. The van der Waals surface area contributed by atoms with Gasteiger partial charge in [0.05, 0.1) is 0 Å². The van der Waals surface area contributed by atoms with Gasteiger partial charge in [0.2, 0.25) is 0 Å². The summed E-state index contributed by atoms with van der Waals surface area (Å²) in [6.45, 7) is 2.37. The molecule has 2 atom stereocenters. The molecule has 0 radical (unpaired) electrons. The van der Waals surface area contributed by atoms with E-state index in [0.29, 0.717) is 6.04 Å². The summed E-state index contributed by atoms with van der Waals surface area (Å²) < 4.78 is 2.26. The van der Waals surface area contributed by atoms with E-state index in [-0.39, 0.29) is 0 Å². The molecule has 2 rings (SSSR count). The largest absolute Gasteiger partial charge is 0.381 e. The van der Waals surface area contributed by atoms with E-state index < -0.39 is 0 Å². The van der Waals surface area contributed by atoms with Gasteiger partial charge in [0.25, 0.3) is 0 Å². The van der Waals surface area contributed by atoms with E-state index in [0.717, 1.165) is 14.9 Å². The summed E-state index contributed by atoms with van der Waals surface area (Å²) in [6, 6.07) is 6.97. The van der Waals surface area contributed by atoms with E-state index >= 15 is 0 Å². The molecule has 0 spiro atoms. The quantitative estimate of drug-likeness (QED) is 0.677. The van der Waals surface area contributed by atoms with Crippen molar-refractivity contribution < 1.29 is 0 Å². The average Bonchev–Trinajstić information content (AvgIpc) is 2.48. The first-order valence-electron chi connectivity index (χ1n) is 6.37. The van der Waals surface area contributed by atoms with Crippen molar-refractivity contribution in [2.24, 2.45) is 5.92 Å². The Kier molecular flexibility index (Phi) is 4.92. The topological polar surface area (TPSA) is 12.0 Å². The second-order valence-corrected chi connectivity index (χ2v) is 6.85. The van der Waals surface area contributed by atoms with E-state index in [1.54, 1.807) is 0 Å². The highest BCUT2D eigenvalue weighted by molar-refractivity contribution is 9.11. The van der Waals surface area contributed by atoms with Gasteiger partial charge in [-0.2, -0.15) is 0 Å². The predicted octanol–water partition coefficient (Wildman–Crippen LogP) is 5.59. The third-order valence-electron chi connectivity index (χ3n) is 3.55. The number of benzene rings is 1. The monoisotopic (exact) mass is 359 g/mol. The van der Waals surface area contributed by atoms with Gasteiger partial charge in [-0.25, -0.2) is 0 Å². The second kappa shape index (κ2) is 6.24. The molecule has 0 aliphatic heterocycles. The number of hydrogen-bond donors (Lipinski definition) is 1. The zero-order valence-electron chi connectivity index (χ0n) is 10.2. The van der Waals surface area contributed by atoms with Crippen LogP contribution >= 0.6 is 31.9 Å². The zero-order valence-corrected chi connectivity index (χ0v) is 13.4. The van der Waals surface area contributed by atoms with Gasteiger partial charge in [-0.3, -0.25) is 0 Å². The second-order valence-electron chi connectivity index (χ2n) is 5.08. The van der Waals surface area contributed by atoms with Gasteiger partial charge in [-0.15, -0.1) is 0 Å². The Bertz CT molecular complexity index is 378. The Balaban J connectivity index is 2.00. The van der Waals surface area contributed by atoms with Crippen LogP contribution in [0.2, 0.25) is 0 Å². The predicted molar refractivity (Wildman–Crippen MR) is 81.5 cm³/mol. The Labute approximate surface area is 121 Å². The van der Waals surface area contributed by atoms with E-state index in [2.05, 4.69) is 62.3 Å². The first kappa shape index (κ1) is 13.4. The van der Waals surface area contributed by atoms with Crippen molar-refractivity contribution >= 4 is 37.5 Å². The third kappa shape index (κ3) is 3.99. The van der Waals surface area contributed by atoms with Gasteiger partial charge in [0.15, 0.2) is 0 Å². The molecule has 0 bridgehead atoms. The molecule has 1 aromatic rings. The van der Waals surface area contributed by atoms with Crippen LogP contribution in [0.4, 0.5) is 5.69 Å². The minimum Gasteiger partial charge on any atom is -0.381 e. The lowest BCUT2D eigenvalue weighted by Crippen LogP contribution is -2.18. The average molecular weight is 361 g/mol. The first-order chi connectivity index (χ1) is 8.15. The fraction of sp³-hybridized carbons (Fsp3) is 0.571. The molecule has 1 saturated carbocycles. The first-order valence-corrected chi connectivity index (χ1v) is 7.95. The Morgan fingerprint density at radius 2 is 1.94 bits per heavy atom. The molecule has 1 N–H and O–H groups in total. The molecular weight excluding hydrogens is 342 g/mol. The van der Waals surface area contributed by atoms with Gasteiger partial charge >= 0.3 is 0 Å². The van der Waals surface area contributed by atoms with Gasteiger partial charge in [-0.05, 0) is 59.3 Å². The lowest BCUT2D eigenvalue weighted by atomic mass is 10.0. The van der Waals surface area contributed by atoms with Gasteiger partial charge < -0.3 is 5.32 Å². The third-order valence-corrected chi connectivity index (χ3v) is 4.70. The minimum absolute atomic E-state index is 0.637. The molecule has 17 heavy (non-hydrogen) atoms. The van der Waals surface area contributed by atoms with Crippen molar-refractivity contribution in [1.29, 1.82) is 0 Å². The normalized spacial score (nSPS) is 25.4. The van der Waals surface area contributed by atoms with Crippen molar-refractivity contribution in [2.75, 3.05) is 5.32 Å². The highest BCUT2D eigenvalue weighted by atomic mass is 79.9. The van der Waals surface area contributed by atoms with Crippen molar-refractivity contribution in [1.82, 2.24) is 0 Å². The Morgan fingerprint density at radius 1 is 1.12 bits per heavy atom. The van der Waals surface area contributed by atoms with Crippen LogP contribution in [0.25, 0.3) is 0 Å². The number of anilines is 1. The summed E-state index contributed by atoms with van der Waals surface area (Å²) in [5, 5.41) is 3.67. The van der Waals surface area contributed by atoms with Crippen LogP contribution in [0.1, 0.15) is 39.0 Å². The molecule has 0 saturated heterocycles. The summed E-state index contributed by atoms with van der Waals surface area (Å²) in [7, 11) is 0. The number of rotatable bonds is 2. The van der Waals surface area contributed by atoms with E-state index in [4.69, 9.17) is 0 Å². The molecule has 1 fully saturated rings. The van der Waals surface area contributed by atoms with Gasteiger partial charge in [-0.1, -0.05) is 35.7 Å². The van der Waals surface area contributed by atoms with Gasteiger partial charge in [0.1, 0.15) is 0 Å². The molecule has 1 aromatic carbocycles. The Morgan fingerprint density at radius 3 is 2.71 bits per heavy atom. The standard InChI is InChI=1S/C14H19Br2N/c1-10-3-2-4-12(7-5-10)17-14-8-6-11(15)9-13(14)16/h6,8-10,12,17H,2-5,7H2,1H3. The number of nitrogens with one attached hydrogen (secondary N) is 1. The van der Waals surface area contributed by atoms with Crippen molar-refractivity contribution in [3.8, 4) is 0 Å². The van der Waals surface area contributed by atoms with Gasteiger partial charge in [0, 0.05) is 20.7 Å². The van der Waals surface area contributed by atoms with Crippen LogP contribution in [0.5, 0.6) is 0 Å². The summed E-state index contributed by atoms with van der Waals surface area (Å²) in [4.78, 5) is 0. The molecule has 2 unspecified atom stereocenters. The summed E-state index contributed by atoms with van der Waals surface area (Å²) >= 11 is 7.10. The van der Waals surface area contributed by atoms with Crippen LogP contribution in [-0.2, 0) is 0 Å². The minimum atomic E-state index is 0.637. The molecule has 3 heteroatoms. The van der Waals surface area contributed by atoms with Crippen LogP contribution in [0.3, 0.4) is 0 Å². The SMILES string of the molecule is CC1CCCC(Nc2ccc(Br)cc2Br)CC1. The lowest BCUT2D eigenvalue weighted by Gasteiger charge is -2.19. The maximum Gasteiger partial charge on any atom is 0.0487 e. The van der Waals surface area contributed by atoms with E-state index in [9.17, 15) is 0 Å². The van der Waals surface area contributed by atoms with Crippen LogP contribution < -0.4 is 5.32 Å². The smallest absolute Gasteiger partial charge is 0.0487 e. The number of halogens is 2. The van der Waals surface area contributed by atoms with Crippen LogP contribution in [-0.4, -0.2) is 6.04 Å². The van der Waals surface area contributed by atoms with Crippen molar-refractivity contribution in [2.45, 2.75) is 45.1 Å². The fourth-order valence-corrected chi connectivity index (χ4v) is 3.62. The molecule has 0 aromatic heterocycles. The zero-order chi connectivity index (χ0) is 12.3. The van der Waals surface area contributed by atoms with E-state index in [1.807, 2.05) is 0 Å². The van der Waals surface area contributed by atoms with Crippen molar-refractivity contribution in [3.63, 3.8) is 0 Å². The number of hydrogen-bond acceptors (Lipinski definition) is 1. The van der Waals surface area contributed by atoms with Crippen LogP contribution in [0, 0.1) is 5.92 Å². The van der Waals surface area contributed by atoms with Crippen molar-refractivity contribution in [3.05, 3.63) is 27.1 Å². The summed E-state index contributed by atoms with van der Waals surface area (Å²) in [5.74, 6) is 0.898. The molecule has 1 aliphatic rings. The summed E-state index contributed by atoms with van der Waals surface area (Å²) in [6.07, 6.45) is 6.69. The molecule has 1 nitrogen and oxygen atoms in total. The lowest BCUT2D eigenvalue weighted by molar-refractivity contribution is 0.502. The highest BCUT2D eigenvalue weighted by Crippen LogP contribution is 2.30. The van der Waals surface area contributed by atoms with Crippen LogP contribution in [0.15, 0.2) is 27.1 Å². The maximum atomic E-state index is 3.67. The molecule has 0 amide bonds.